The normalized spacial score (nSPS) is 11.4. The van der Waals surface area contributed by atoms with Crippen LogP contribution in [0.3, 0.4) is 0 Å². The first-order valence-corrected chi connectivity index (χ1v) is 6.14. The third-order valence-electron chi connectivity index (χ3n) is 2.50. The summed E-state index contributed by atoms with van der Waals surface area (Å²) in [7, 11) is 0. The van der Waals surface area contributed by atoms with E-state index in [4.69, 9.17) is 16.1 Å². The lowest BCUT2D eigenvalue weighted by Gasteiger charge is -2.12. The van der Waals surface area contributed by atoms with Crippen LogP contribution in [0.25, 0.3) is 0 Å². The topological polar surface area (TPSA) is 68.0 Å². The van der Waals surface area contributed by atoms with Crippen molar-refractivity contribution in [3.8, 4) is 0 Å². The third kappa shape index (κ3) is 3.32. The molecule has 0 aliphatic carbocycles. The van der Waals surface area contributed by atoms with Gasteiger partial charge in [0.15, 0.2) is 0 Å². The lowest BCUT2D eigenvalue weighted by atomic mass is 9.92. The van der Waals surface area contributed by atoms with Gasteiger partial charge in [-0.3, -0.25) is 10.1 Å². The smallest absolute Gasteiger partial charge is 0.259 e. The van der Waals surface area contributed by atoms with Gasteiger partial charge in [-0.15, -0.1) is 0 Å². The Morgan fingerprint density at radius 2 is 2.11 bits per heavy atom. The number of anilines is 1. The molecule has 1 N–H and O–H groups in total. The van der Waals surface area contributed by atoms with Crippen molar-refractivity contribution in [1.82, 2.24) is 10.1 Å². The summed E-state index contributed by atoms with van der Waals surface area (Å²) in [4.78, 5) is 15.7. The second-order valence-electron chi connectivity index (χ2n) is 5.15. The van der Waals surface area contributed by atoms with Crippen molar-refractivity contribution < 1.29 is 9.32 Å². The Balaban J connectivity index is 2.11. The molecular weight excluding hydrogens is 266 g/mol. The molecule has 19 heavy (non-hydrogen) atoms. The summed E-state index contributed by atoms with van der Waals surface area (Å²) >= 11 is 5.66. The van der Waals surface area contributed by atoms with Gasteiger partial charge < -0.3 is 4.52 Å². The third-order valence-corrected chi connectivity index (χ3v) is 2.73. The molecule has 0 saturated heterocycles. The molecule has 100 valence electrons. The Morgan fingerprint density at radius 1 is 1.37 bits per heavy atom. The number of nitrogens with zero attached hydrogens (tertiary/aromatic N) is 2. The molecule has 5 nitrogen and oxygen atoms in total. The number of carbonyl (C=O) groups is 1. The fraction of sp³-hybridized carbons (Fsp3) is 0.308. The van der Waals surface area contributed by atoms with Gasteiger partial charge in [0.25, 0.3) is 5.91 Å². The molecule has 0 spiro atoms. The van der Waals surface area contributed by atoms with Crippen LogP contribution in [0, 0.1) is 0 Å². The number of hydrogen-bond donors (Lipinski definition) is 1. The van der Waals surface area contributed by atoms with Gasteiger partial charge in [0, 0.05) is 17.7 Å². The monoisotopic (exact) mass is 279 g/mol. The fourth-order valence-corrected chi connectivity index (χ4v) is 1.49. The van der Waals surface area contributed by atoms with Crippen LogP contribution >= 0.6 is 11.6 Å². The molecular formula is C13H14ClN3O2. The molecule has 0 aliphatic rings. The highest BCUT2D eigenvalue weighted by molar-refractivity contribution is 6.29. The Hall–Kier alpha value is -1.88. The standard InChI is InChI=1S/C13H14ClN3O2/c1-13(2,3)9-6-11(19-17-9)16-12(18)8-4-5-10(14)15-7-8/h4-7H,1-3H3,(H,16,18). The summed E-state index contributed by atoms with van der Waals surface area (Å²) in [5.41, 5.74) is 1.05. The van der Waals surface area contributed by atoms with E-state index in [1.54, 1.807) is 18.2 Å². The molecule has 0 aromatic carbocycles. The molecule has 0 atom stereocenters. The van der Waals surface area contributed by atoms with E-state index in [2.05, 4.69) is 15.5 Å². The van der Waals surface area contributed by atoms with Gasteiger partial charge in [-0.1, -0.05) is 37.5 Å². The Kier molecular flexibility index (Phi) is 3.57. The van der Waals surface area contributed by atoms with Crippen LogP contribution in [0.1, 0.15) is 36.8 Å². The highest BCUT2D eigenvalue weighted by atomic mass is 35.5. The number of hydrogen-bond acceptors (Lipinski definition) is 4. The first-order chi connectivity index (χ1) is 8.86. The second kappa shape index (κ2) is 5.01. The summed E-state index contributed by atoms with van der Waals surface area (Å²) in [5, 5.41) is 6.88. The maximum Gasteiger partial charge on any atom is 0.259 e. The number of nitrogens with one attached hydrogen (secondary N) is 1. The largest absolute Gasteiger partial charge is 0.338 e. The number of pyridine rings is 1. The van der Waals surface area contributed by atoms with Crippen molar-refractivity contribution in [1.29, 1.82) is 0 Å². The molecule has 2 aromatic rings. The highest BCUT2D eigenvalue weighted by Gasteiger charge is 2.19. The SMILES string of the molecule is CC(C)(C)c1cc(NC(=O)c2ccc(Cl)nc2)on1. The van der Waals surface area contributed by atoms with Crippen LogP contribution in [0.15, 0.2) is 28.9 Å². The summed E-state index contributed by atoms with van der Waals surface area (Å²) in [6, 6.07) is 4.85. The summed E-state index contributed by atoms with van der Waals surface area (Å²) in [5.74, 6) is -0.00866. The van der Waals surface area contributed by atoms with Gasteiger partial charge in [-0.25, -0.2) is 4.98 Å². The number of aromatic nitrogens is 2. The van der Waals surface area contributed by atoms with Crippen LogP contribution in [-0.4, -0.2) is 16.0 Å². The fourth-order valence-electron chi connectivity index (χ4n) is 1.38. The van der Waals surface area contributed by atoms with Crippen molar-refractivity contribution in [2.24, 2.45) is 0 Å². The van der Waals surface area contributed by atoms with Crippen LogP contribution in [0.4, 0.5) is 5.88 Å². The lowest BCUT2D eigenvalue weighted by Crippen LogP contribution is -2.12. The number of amides is 1. The quantitative estimate of drug-likeness (QED) is 0.857. The van der Waals surface area contributed by atoms with Gasteiger partial charge in [0.05, 0.1) is 11.3 Å². The maximum atomic E-state index is 11.9. The van der Waals surface area contributed by atoms with E-state index in [1.165, 1.54) is 6.20 Å². The zero-order valence-corrected chi connectivity index (χ0v) is 11.7. The van der Waals surface area contributed by atoms with Crippen molar-refractivity contribution in [2.45, 2.75) is 26.2 Å². The summed E-state index contributed by atoms with van der Waals surface area (Å²) in [6.07, 6.45) is 1.40. The zero-order chi connectivity index (χ0) is 14.0. The van der Waals surface area contributed by atoms with Gasteiger partial charge in [-0.2, -0.15) is 0 Å². The van der Waals surface area contributed by atoms with Gasteiger partial charge >= 0.3 is 0 Å². The highest BCUT2D eigenvalue weighted by Crippen LogP contribution is 2.23. The second-order valence-corrected chi connectivity index (χ2v) is 5.54. The number of halogens is 1. The van der Waals surface area contributed by atoms with E-state index in [9.17, 15) is 4.79 Å². The summed E-state index contributed by atoms with van der Waals surface area (Å²) in [6.45, 7) is 6.04. The average Bonchev–Trinajstić information content (AvgIpc) is 2.78. The Bertz CT molecular complexity index is 585. The first kappa shape index (κ1) is 13.5. The van der Waals surface area contributed by atoms with Gasteiger partial charge in [-0.05, 0) is 12.1 Å². The van der Waals surface area contributed by atoms with E-state index >= 15 is 0 Å². The minimum absolute atomic E-state index is 0.131. The van der Waals surface area contributed by atoms with E-state index in [1.807, 2.05) is 20.8 Å². The molecule has 1 amide bonds. The molecule has 6 heteroatoms. The molecule has 2 aromatic heterocycles. The number of rotatable bonds is 2. The predicted molar refractivity (Wildman–Crippen MR) is 72.4 cm³/mol. The van der Waals surface area contributed by atoms with Crippen molar-refractivity contribution in [3.63, 3.8) is 0 Å². The molecule has 2 rings (SSSR count). The van der Waals surface area contributed by atoms with E-state index in [0.29, 0.717) is 16.6 Å². The average molecular weight is 280 g/mol. The molecule has 0 fully saturated rings. The van der Waals surface area contributed by atoms with Crippen LogP contribution < -0.4 is 5.32 Å². The van der Waals surface area contributed by atoms with Crippen molar-refractivity contribution in [3.05, 3.63) is 40.8 Å². The molecule has 0 radical (unpaired) electrons. The lowest BCUT2D eigenvalue weighted by molar-refractivity contribution is 0.102. The van der Waals surface area contributed by atoms with Gasteiger partial charge in [0.2, 0.25) is 5.88 Å². The van der Waals surface area contributed by atoms with E-state index in [-0.39, 0.29) is 11.3 Å². The molecule has 0 saturated carbocycles. The minimum Gasteiger partial charge on any atom is -0.338 e. The minimum atomic E-state index is -0.319. The van der Waals surface area contributed by atoms with E-state index in [0.717, 1.165) is 5.69 Å². The Labute approximate surface area is 116 Å². The molecule has 0 aliphatic heterocycles. The molecule has 0 unspecified atom stereocenters. The predicted octanol–water partition coefficient (Wildman–Crippen LogP) is 3.27. The molecule has 2 heterocycles. The maximum absolute atomic E-state index is 11.9. The molecule has 0 bridgehead atoms. The van der Waals surface area contributed by atoms with Crippen LogP contribution in [-0.2, 0) is 5.41 Å². The summed E-state index contributed by atoms with van der Waals surface area (Å²) < 4.78 is 5.08. The number of carbonyl (C=O) groups excluding carboxylic acids is 1. The van der Waals surface area contributed by atoms with Crippen LogP contribution in [0.5, 0.6) is 0 Å². The zero-order valence-electron chi connectivity index (χ0n) is 10.9. The van der Waals surface area contributed by atoms with Crippen LogP contribution in [0.2, 0.25) is 5.15 Å². The van der Waals surface area contributed by atoms with Crippen molar-refractivity contribution in [2.75, 3.05) is 5.32 Å². The van der Waals surface area contributed by atoms with Crippen molar-refractivity contribution >= 4 is 23.4 Å². The first-order valence-electron chi connectivity index (χ1n) is 5.76. The van der Waals surface area contributed by atoms with E-state index < -0.39 is 0 Å². The Morgan fingerprint density at radius 3 is 2.63 bits per heavy atom. The van der Waals surface area contributed by atoms with Gasteiger partial charge in [0.1, 0.15) is 5.15 Å².